The molecule has 0 radical (unpaired) electrons. The zero-order valence-electron chi connectivity index (χ0n) is 35.3. The Labute approximate surface area is 384 Å². The van der Waals surface area contributed by atoms with Gasteiger partial charge in [-0.15, -0.1) is 30.7 Å². The average Bonchev–Trinajstić information content (AvgIpc) is 3.60. The quantitative estimate of drug-likeness (QED) is 0.0367. The third-order valence-electron chi connectivity index (χ3n) is 9.29. The Hall–Kier alpha value is -7.51. The molecule has 9 N–H and O–H groups in total. The van der Waals surface area contributed by atoms with Crippen molar-refractivity contribution in [3.8, 4) is 34.6 Å². The van der Waals surface area contributed by atoms with E-state index in [-0.39, 0.29) is 75.2 Å². The number of nitrogens with two attached hydrogens (primary N) is 1. The Morgan fingerprint density at radius 1 is 0.647 bits per heavy atom. The molecule has 1 aromatic heterocycles. The van der Waals surface area contributed by atoms with Gasteiger partial charge in [-0.05, 0) is 72.8 Å². The number of fused-ring (bicyclic) bond motifs is 1. The van der Waals surface area contributed by atoms with E-state index in [1.807, 2.05) is 0 Å². The first-order valence-electron chi connectivity index (χ1n) is 19.0. The minimum atomic E-state index is -5.24. The molecule has 358 valence electrons. The molecule has 0 atom stereocenters. The molecule has 68 heavy (non-hydrogen) atoms. The summed E-state index contributed by atoms with van der Waals surface area (Å²) in [7, 11) is -13.5. The van der Waals surface area contributed by atoms with Gasteiger partial charge in [0.15, 0.2) is 17.1 Å². The Bertz CT molecular complexity index is 3430. The number of aliphatic hydroxyl groups excluding tert-OH is 2. The molecule has 0 aliphatic rings. The molecule has 26 nitrogen and oxygen atoms in total. The number of benzene rings is 5. The highest BCUT2D eigenvalue weighted by Gasteiger charge is 2.27. The Morgan fingerprint density at radius 3 is 1.74 bits per heavy atom. The second-order valence-corrected chi connectivity index (χ2v) is 18.2. The van der Waals surface area contributed by atoms with Crippen molar-refractivity contribution < 1.29 is 78.3 Å². The molecule has 0 spiro atoms. The van der Waals surface area contributed by atoms with E-state index >= 15 is 0 Å². The van der Waals surface area contributed by atoms with Gasteiger partial charge >= 0.3 is 0 Å². The molecule has 0 saturated heterocycles. The summed E-state index contributed by atoms with van der Waals surface area (Å²) in [6.45, 7) is 1.23. The first kappa shape index (κ1) is 49.9. The van der Waals surface area contributed by atoms with E-state index in [4.69, 9.17) is 19.9 Å². The van der Waals surface area contributed by atoms with Crippen molar-refractivity contribution in [3.63, 3.8) is 0 Å². The second-order valence-electron chi connectivity index (χ2n) is 14.0. The number of methoxy groups -OCH3 is 1. The van der Waals surface area contributed by atoms with Crippen molar-refractivity contribution in [2.24, 2.45) is 36.4 Å². The van der Waals surface area contributed by atoms with Gasteiger partial charge < -0.3 is 40.4 Å². The van der Waals surface area contributed by atoms with Crippen molar-refractivity contribution >= 4 is 81.2 Å². The number of aryl methyl sites for hydroxylation is 2. The van der Waals surface area contributed by atoms with Crippen LogP contribution in [0.25, 0.3) is 16.5 Å². The number of carbonyl (C=O) groups is 1. The highest BCUT2D eigenvalue weighted by molar-refractivity contribution is 7.86. The Balaban J connectivity index is 1.44. The van der Waals surface area contributed by atoms with Crippen LogP contribution in [0.2, 0.25) is 0 Å². The summed E-state index contributed by atoms with van der Waals surface area (Å²) in [5.74, 6) is -3.42. The number of azo groups is 3. The number of aromatic nitrogens is 2. The van der Waals surface area contributed by atoms with E-state index in [0.29, 0.717) is 5.56 Å². The number of carbonyl (C=O) groups excluding carboxylic acids is 1. The number of hydrogen-bond donors (Lipinski definition) is 8. The van der Waals surface area contributed by atoms with Crippen molar-refractivity contribution in [2.45, 2.75) is 28.5 Å². The fraction of sp³-hybridized carbons (Fsp3) is 0.179. The summed E-state index contributed by atoms with van der Waals surface area (Å²) in [6, 6.07) is 12.9. The SMILES string of the molecule is COc1cc(S(=O)(=O)O)c(C)cc1/N=N/c1c(C(N)=O)nn(-c2ccc3c(O)c(/N=N/c4cc(OCCO)c(/N=N/c5ccc(C)cc5S(=O)(=O)O)cc4OCCO)c(S(=O)(=O)O)cc3c2)c1O. The maximum Gasteiger partial charge on any atom is 0.296 e. The van der Waals surface area contributed by atoms with Gasteiger partial charge in [-0.3, -0.25) is 18.5 Å². The molecular weight excluding hydrogens is 963 g/mol. The van der Waals surface area contributed by atoms with Gasteiger partial charge in [0.2, 0.25) is 5.88 Å². The number of ether oxygens (including phenoxy) is 3. The summed E-state index contributed by atoms with van der Waals surface area (Å²) < 4.78 is 120. The molecule has 6 rings (SSSR count). The van der Waals surface area contributed by atoms with E-state index in [1.54, 1.807) is 6.92 Å². The lowest BCUT2D eigenvalue weighted by molar-refractivity contribution is 0.0995. The lowest BCUT2D eigenvalue weighted by Gasteiger charge is -2.13. The zero-order chi connectivity index (χ0) is 49.9. The standard InChI is InChI=1S/C39H37N9O17S3/c1-19-4-7-24(32(12-19)67(57,58)59)41-42-26-16-30(65-11-9-50)27(17-29(26)64-10-8-49)44-45-34-33(68(60,61)62)15-21-14-22(5-6-23(21)37(34)51)48-39(53)36(35(47-48)38(40)52)46-43-25-13-20(2)31(66(54,55)56)18-28(25)63-3/h4-7,12-18,49-51,53H,8-11H2,1-3H3,(H2,40,52)(H,54,55,56)(H,57,58,59)(H,60,61,62)/b42-41+,45-44+,46-43+. The topological polar surface area (TPSA) is 407 Å². The molecule has 0 saturated carbocycles. The molecule has 1 heterocycles. The van der Waals surface area contributed by atoms with Crippen LogP contribution < -0.4 is 19.9 Å². The molecule has 6 aromatic rings. The third kappa shape index (κ3) is 10.8. The molecule has 0 aliphatic heterocycles. The van der Waals surface area contributed by atoms with Crippen molar-refractivity contribution in [2.75, 3.05) is 33.5 Å². The largest absolute Gasteiger partial charge is 0.505 e. The van der Waals surface area contributed by atoms with E-state index in [9.17, 15) is 64.1 Å². The van der Waals surface area contributed by atoms with Crippen LogP contribution in [0.3, 0.4) is 0 Å². The molecule has 5 aromatic carbocycles. The van der Waals surface area contributed by atoms with Crippen LogP contribution in [-0.2, 0) is 30.4 Å². The maximum absolute atomic E-state index is 12.8. The lowest BCUT2D eigenvalue weighted by atomic mass is 10.1. The summed E-state index contributed by atoms with van der Waals surface area (Å²) in [5.41, 5.74) is 3.18. The number of primary amides is 1. The van der Waals surface area contributed by atoms with Crippen molar-refractivity contribution in [1.29, 1.82) is 0 Å². The minimum Gasteiger partial charge on any atom is -0.505 e. The Morgan fingerprint density at radius 2 is 1.19 bits per heavy atom. The van der Waals surface area contributed by atoms with Crippen LogP contribution in [0, 0.1) is 13.8 Å². The van der Waals surface area contributed by atoms with Crippen LogP contribution in [-0.4, -0.2) is 109 Å². The lowest BCUT2D eigenvalue weighted by Crippen LogP contribution is -2.12. The fourth-order valence-electron chi connectivity index (χ4n) is 6.24. The monoisotopic (exact) mass is 999 g/mol. The van der Waals surface area contributed by atoms with Gasteiger partial charge in [0.25, 0.3) is 36.3 Å². The van der Waals surface area contributed by atoms with E-state index in [1.165, 1.54) is 50.4 Å². The van der Waals surface area contributed by atoms with E-state index < -0.39 is 92.9 Å². The predicted octanol–water partition coefficient (Wildman–Crippen LogP) is 5.89. The number of aliphatic hydroxyl groups is 2. The van der Waals surface area contributed by atoms with E-state index in [2.05, 4.69) is 35.8 Å². The summed E-state index contributed by atoms with van der Waals surface area (Å²) in [6.07, 6.45) is 0. The van der Waals surface area contributed by atoms with Gasteiger partial charge in [0.1, 0.15) is 73.6 Å². The number of aromatic hydroxyl groups is 2. The molecule has 0 aliphatic carbocycles. The summed E-state index contributed by atoms with van der Waals surface area (Å²) in [5, 5.41) is 69.3. The molecule has 29 heteroatoms. The van der Waals surface area contributed by atoms with Crippen LogP contribution >= 0.6 is 0 Å². The third-order valence-corrected chi connectivity index (χ3v) is 12.0. The fourth-order valence-corrected chi connectivity index (χ4v) is 8.33. The van der Waals surface area contributed by atoms with E-state index in [0.717, 1.165) is 35.0 Å². The van der Waals surface area contributed by atoms with Gasteiger partial charge in [-0.2, -0.15) is 35.0 Å². The highest BCUT2D eigenvalue weighted by Crippen LogP contribution is 2.46. The highest BCUT2D eigenvalue weighted by atomic mass is 32.2. The molecule has 0 unspecified atom stereocenters. The first-order valence-corrected chi connectivity index (χ1v) is 23.3. The first-order chi connectivity index (χ1) is 32.0. The number of phenols is 1. The van der Waals surface area contributed by atoms with Gasteiger partial charge in [-0.25, -0.2) is 0 Å². The van der Waals surface area contributed by atoms with Crippen LogP contribution in [0.15, 0.2) is 112 Å². The number of rotatable bonds is 18. The van der Waals surface area contributed by atoms with Crippen molar-refractivity contribution in [1.82, 2.24) is 9.78 Å². The molecular formula is C39H37N9O17S3. The minimum absolute atomic E-state index is 0.0372. The second kappa shape index (κ2) is 19.8. The summed E-state index contributed by atoms with van der Waals surface area (Å²) >= 11 is 0. The van der Waals surface area contributed by atoms with Gasteiger partial charge in [0, 0.05) is 23.6 Å². The smallest absolute Gasteiger partial charge is 0.296 e. The average molecular weight is 1000 g/mol. The van der Waals surface area contributed by atoms with Crippen LogP contribution in [0.1, 0.15) is 21.6 Å². The molecule has 0 fully saturated rings. The molecule has 0 bridgehead atoms. The van der Waals surface area contributed by atoms with Gasteiger partial charge in [-0.1, -0.05) is 6.07 Å². The maximum atomic E-state index is 12.8. The number of amides is 1. The summed E-state index contributed by atoms with van der Waals surface area (Å²) in [4.78, 5) is 10.4. The van der Waals surface area contributed by atoms with Crippen LogP contribution in [0.4, 0.5) is 34.1 Å². The van der Waals surface area contributed by atoms with Crippen LogP contribution in [0.5, 0.6) is 28.9 Å². The van der Waals surface area contributed by atoms with Gasteiger partial charge in [0.05, 0.1) is 26.0 Å². The number of nitrogens with zero attached hydrogens (tertiary/aromatic N) is 8. The van der Waals surface area contributed by atoms with Crippen molar-refractivity contribution in [3.05, 3.63) is 83.6 Å². The molecule has 1 amide bonds. The normalized spacial score (nSPS) is 12.5. The number of phenolic OH excluding ortho intramolecular Hbond substituents is 1. The zero-order valence-corrected chi connectivity index (χ0v) is 37.7. The Kier molecular flexibility index (Phi) is 14.5. The number of hydrogen-bond acceptors (Lipinski definition) is 21. The predicted molar refractivity (Wildman–Crippen MR) is 235 cm³/mol.